The molecule has 1 aromatic rings. The van der Waals surface area contributed by atoms with E-state index in [1.165, 1.54) is 0 Å². The highest BCUT2D eigenvalue weighted by atomic mass is 16.6. The summed E-state index contributed by atoms with van der Waals surface area (Å²) in [4.78, 5) is 11.9. The molecule has 0 aromatic heterocycles. The normalized spacial score (nSPS) is 13.1. The molecule has 0 saturated heterocycles. The van der Waals surface area contributed by atoms with E-state index in [2.05, 4.69) is 5.32 Å². The molecule has 1 aromatic carbocycles. The maximum atomic E-state index is 11.9. The summed E-state index contributed by atoms with van der Waals surface area (Å²) in [5, 5.41) is 3.19. The highest BCUT2D eigenvalue weighted by molar-refractivity contribution is 5.75. The Kier molecular flexibility index (Phi) is 6.17. The molecule has 0 amide bonds. The van der Waals surface area contributed by atoms with Crippen LogP contribution in [0.25, 0.3) is 0 Å². The first kappa shape index (κ1) is 16.7. The molecule has 1 unspecified atom stereocenters. The van der Waals surface area contributed by atoms with Gasteiger partial charge in [-0.3, -0.25) is 4.79 Å². The number of benzene rings is 1. The molecule has 112 valence electrons. The number of hydrogen-bond donors (Lipinski definition) is 1. The summed E-state index contributed by atoms with van der Waals surface area (Å²) < 4.78 is 10.5. The number of ether oxygens (including phenoxy) is 2. The van der Waals surface area contributed by atoms with Crippen LogP contribution < -0.4 is 5.32 Å². The van der Waals surface area contributed by atoms with Gasteiger partial charge in [-0.25, -0.2) is 0 Å². The number of nitrogens with one attached hydrogen (secondary N) is 1. The maximum absolute atomic E-state index is 11.9. The molecule has 0 aliphatic rings. The fourth-order valence-corrected chi connectivity index (χ4v) is 1.76. The van der Waals surface area contributed by atoms with Gasteiger partial charge in [0.05, 0.1) is 6.61 Å². The van der Waals surface area contributed by atoms with Crippen LogP contribution in [-0.2, 0) is 27.4 Å². The van der Waals surface area contributed by atoms with Gasteiger partial charge in [0.2, 0.25) is 0 Å². The van der Waals surface area contributed by atoms with Crippen molar-refractivity contribution in [1.82, 2.24) is 5.32 Å². The van der Waals surface area contributed by atoms with Crippen molar-refractivity contribution in [2.45, 2.75) is 52.5 Å². The van der Waals surface area contributed by atoms with Crippen molar-refractivity contribution >= 4 is 5.97 Å². The maximum Gasteiger partial charge on any atom is 0.323 e. The zero-order chi connectivity index (χ0) is 15.2. The third-order valence-corrected chi connectivity index (χ3v) is 2.78. The van der Waals surface area contributed by atoms with Crippen molar-refractivity contribution in [3.05, 3.63) is 35.4 Å². The molecular formula is C16H25NO3. The van der Waals surface area contributed by atoms with E-state index in [0.717, 1.165) is 11.1 Å². The number of hydrogen-bond acceptors (Lipinski definition) is 4. The summed E-state index contributed by atoms with van der Waals surface area (Å²) in [6, 6.07) is 7.68. The summed E-state index contributed by atoms with van der Waals surface area (Å²) in [7, 11) is 1.67. The lowest BCUT2D eigenvalue weighted by Gasteiger charge is -2.23. The van der Waals surface area contributed by atoms with Crippen molar-refractivity contribution in [2.24, 2.45) is 0 Å². The Labute approximate surface area is 121 Å². The second-order valence-corrected chi connectivity index (χ2v) is 5.84. The average molecular weight is 279 g/mol. The third-order valence-electron chi connectivity index (χ3n) is 2.78. The van der Waals surface area contributed by atoms with Crippen molar-refractivity contribution < 1.29 is 14.3 Å². The largest absolute Gasteiger partial charge is 0.459 e. The molecule has 4 nitrogen and oxygen atoms in total. The summed E-state index contributed by atoms with van der Waals surface area (Å²) in [5.74, 6) is -0.235. The van der Waals surface area contributed by atoms with Gasteiger partial charge in [0.15, 0.2) is 0 Å². The Morgan fingerprint density at radius 2 is 1.85 bits per heavy atom. The standard InChI is InChI=1S/C16H25NO3/c1-12(15(18)20-16(2,3)4)17-10-13-8-6-7-9-14(13)11-19-5/h6-9,12,17H,10-11H2,1-5H3. The van der Waals surface area contributed by atoms with Crippen LogP contribution in [0.2, 0.25) is 0 Å². The minimum Gasteiger partial charge on any atom is -0.459 e. The molecular weight excluding hydrogens is 254 g/mol. The third kappa shape index (κ3) is 5.72. The number of esters is 1. The molecule has 0 spiro atoms. The molecule has 0 saturated carbocycles. The quantitative estimate of drug-likeness (QED) is 0.813. The lowest BCUT2D eigenvalue weighted by molar-refractivity contribution is -0.157. The number of carbonyl (C=O) groups is 1. The van der Waals surface area contributed by atoms with E-state index < -0.39 is 5.60 Å². The van der Waals surface area contributed by atoms with E-state index in [-0.39, 0.29) is 12.0 Å². The second kappa shape index (κ2) is 7.41. The highest BCUT2D eigenvalue weighted by Crippen LogP contribution is 2.11. The predicted molar refractivity (Wildman–Crippen MR) is 79.3 cm³/mol. The van der Waals surface area contributed by atoms with E-state index in [9.17, 15) is 4.79 Å². The molecule has 0 aliphatic heterocycles. The molecule has 1 rings (SSSR count). The van der Waals surface area contributed by atoms with E-state index in [1.807, 2.05) is 52.0 Å². The smallest absolute Gasteiger partial charge is 0.323 e. The molecule has 4 heteroatoms. The first-order chi connectivity index (χ1) is 9.33. The Bertz CT molecular complexity index is 438. The van der Waals surface area contributed by atoms with Crippen LogP contribution in [0.5, 0.6) is 0 Å². The number of methoxy groups -OCH3 is 1. The Hall–Kier alpha value is -1.39. The van der Waals surface area contributed by atoms with Gasteiger partial charge >= 0.3 is 5.97 Å². The van der Waals surface area contributed by atoms with E-state index >= 15 is 0 Å². The summed E-state index contributed by atoms with van der Waals surface area (Å²) in [5.41, 5.74) is 1.80. The van der Waals surface area contributed by atoms with Gasteiger partial charge in [0.1, 0.15) is 11.6 Å². The Morgan fingerprint density at radius 1 is 1.25 bits per heavy atom. The Balaban J connectivity index is 2.56. The molecule has 1 N–H and O–H groups in total. The number of carbonyl (C=O) groups excluding carboxylic acids is 1. The predicted octanol–water partition coefficient (Wildman–Crippen LogP) is 2.65. The van der Waals surface area contributed by atoms with Crippen LogP contribution in [0.1, 0.15) is 38.8 Å². The van der Waals surface area contributed by atoms with Crippen LogP contribution in [0, 0.1) is 0 Å². The number of rotatable bonds is 6. The van der Waals surface area contributed by atoms with Crippen LogP contribution in [0.4, 0.5) is 0 Å². The molecule has 0 radical (unpaired) electrons. The second-order valence-electron chi connectivity index (χ2n) is 5.84. The molecule has 0 aliphatic carbocycles. The molecule has 0 bridgehead atoms. The lowest BCUT2D eigenvalue weighted by Crippen LogP contribution is -2.39. The van der Waals surface area contributed by atoms with Crippen LogP contribution in [-0.4, -0.2) is 24.7 Å². The van der Waals surface area contributed by atoms with Crippen molar-refractivity contribution in [3.8, 4) is 0 Å². The zero-order valence-corrected chi connectivity index (χ0v) is 13.0. The van der Waals surface area contributed by atoms with Crippen molar-refractivity contribution in [2.75, 3.05) is 7.11 Å². The first-order valence-electron chi connectivity index (χ1n) is 6.85. The monoisotopic (exact) mass is 279 g/mol. The fourth-order valence-electron chi connectivity index (χ4n) is 1.76. The molecule has 20 heavy (non-hydrogen) atoms. The fraction of sp³-hybridized carbons (Fsp3) is 0.562. The van der Waals surface area contributed by atoms with Crippen LogP contribution in [0.3, 0.4) is 0 Å². The van der Waals surface area contributed by atoms with E-state index in [0.29, 0.717) is 13.2 Å². The topological polar surface area (TPSA) is 47.6 Å². The van der Waals surface area contributed by atoms with Crippen LogP contribution in [0.15, 0.2) is 24.3 Å². The minimum absolute atomic E-state index is 0.235. The molecule has 1 atom stereocenters. The van der Waals surface area contributed by atoms with Gasteiger partial charge in [-0.1, -0.05) is 24.3 Å². The SMILES string of the molecule is COCc1ccccc1CNC(C)C(=O)OC(C)(C)C. The highest BCUT2D eigenvalue weighted by Gasteiger charge is 2.21. The summed E-state index contributed by atoms with van der Waals surface area (Å²) in [6.07, 6.45) is 0. The zero-order valence-electron chi connectivity index (χ0n) is 13.0. The van der Waals surface area contributed by atoms with Gasteiger partial charge in [-0.05, 0) is 38.8 Å². The van der Waals surface area contributed by atoms with E-state index in [1.54, 1.807) is 7.11 Å². The van der Waals surface area contributed by atoms with E-state index in [4.69, 9.17) is 9.47 Å². The van der Waals surface area contributed by atoms with Gasteiger partial charge < -0.3 is 14.8 Å². The van der Waals surface area contributed by atoms with Gasteiger partial charge in [0, 0.05) is 13.7 Å². The van der Waals surface area contributed by atoms with Crippen molar-refractivity contribution in [1.29, 1.82) is 0 Å². The van der Waals surface area contributed by atoms with Gasteiger partial charge in [-0.2, -0.15) is 0 Å². The van der Waals surface area contributed by atoms with Gasteiger partial charge in [0.25, 0.3) is 0 Å². The lowest BCUT2D eigenvalue weighted by atomic mass is 10.1. The van der Waals surface area contributed by atoms with Crippen molar-refractivity contribution in [3.63, 3.8) is 0 Å². The van der Waals surface area contributed by atoms with Gasteiger partial charge in [-0.15, -0.1) is 0 Å². The Morgan fingerprint density at radius 3 is 2.40 bits per heavy atom. The average Bonchev–Trinajstić information content (AvgIpc) is 2.35. The molecule has 0 fully saturated rings. The summed E-state index contributed by atoms with van der Waals surface area (Å²) in [6.45, 7) is 8.59. The van der Waals surface area contributed by atoms with Crippen LogP contribution >= 0.6 is 0 Å². The first-order valence-corrected chi connectivity index (χ1v) is 6.85. The summed E-state index contributed by atoms with van der Waals surface area (Å²) >= 11 is 0. The minimum atomic E-state index is -0.457. The molecule has 0 heterocycles.